The predicted molar refractivity (Wildman–Crippen MR) is 35.0 cm³/mol. The molecule has 0 aromatic rings. The molecule has 2 aliphatic carbocycles. The molecule has 1 saturated carbocycles. The highest BCUT2D eigenvalue weighted by Gasteiger charge is 2.32. The van der Waals surface area contributed by atoms with Gasteiger partial charge in [-0.2, -0.15) is 0 Å². The maximum Gasteiger partial charge on any atom is 0.140 e. The van der Waals surface area contributed by atoms with Gasteiger partial charge in [0.1, 0.15) is 5.78 Å². The van der Waals surface area contributed by atoms with E-state index < -0.39 is 0 Å². The van der Waals surface area contributed by atoms with Crippen molar-refractivity contribution in [3.8, 4) is 0 Å². The summed E-state index contributed by atoms with van der Waals surface area (Å²) in [5.41, 5.74) is 0. The largest absolute Gasteiger partial charge is 0.299 e. The Morgan fingerprint density at radius 2 is 2.33 bits per heavy atom. The van der Waals surface area contributed by atoms with Gasteiger partial charge in [0.2, 0.25) is 0 Å². The molecule has 1 heteroatoms. The maximum atomic E-state index is 11.0. The summed E-state index contributed by atoms with van der Waals surface area (Å²) in [5, 5.41) is 0. The summed E-state index contributed by atoms with van der Waals surface area (Å²) in [6.45, 7) is 0. The van der Waals surface area contributed by atoms with Gasteiger partial charge in [-0.1, -0.05) is 12.2 Å². The van der Waals surface area contributed by atoms with Crippen LogP contribution in [0.4, 0.5) is 0 Å². The van der Waals surface area contributed by atoms with Crippen LogP contribution < -0.4 is 0 Å². The molecule has 0 N–H and O–H groups in total. The normalized spacial score (nSPS) is 39.8. The fourth-order valence-corrected chi connectivity index (χ4v) is 1.68. The first-order chi connectivity index (χ1) is 4.38. The maximum absolute atomic E-state index is 11.0. The Morgan fingerprint density at radius 3 is 2.78 bits per heavy atom. The quantitative estimate of drug-likeness (QED) is 0.445. The molecule has 2 aliphatic rings. The summed E-state index contributed by atoms with van der Waals surface area (Å²) in [6, 6.07) is 0. The standard InChI is InChI=1S/C8H10O/c9-8-3-1-2-6-4-5-7(6)8/h4-7H,1-3H2/t6-,7-/m0/s1. The van der Waals surface area contributed by atoms with E-state index in [1.165, 1.54) is 6.42 Å². The lowest BCUT2D eigenvalue weighted by atomic mass is 9.71. The van der Waals surface area contributed by atoms with Gasteiger partial charge < -0.3 is 0 Å². The van der Waals surface area contributed by atoms with E-state index in [-0.39, 0.29) is 0 Å². The summed E-state index contributed by atoms with van der Waals surface area (Å²) in [6.07, 6.45) is 7.40. The van der Waals surface area contributed by atoms with Crippen LogP contribution in [-0.2, 0) is 4.79 Å². The van der Waals surface area contributed by atoms with Crippen LogP contribution >= 0.6 is 0 Å². The second-order valence-electron chi connectivity index (χ2n) is 2.93. The van der Waals surface area contributed by atoms with Gasteiger partial charge in [0.05, 0.1) is 0 Å². The van der Waals surface area contributed by atoms with E-state index in [2.05, 4.69) is 6.08 Å². The molecule has 0 saturated heterocycles. The summed E-state index contributed by atoms with van der Waals surface area (Å²) < 4.78 is 0. The molecule has 9 heavy (non-hydrogen) atoms. The zero-order valence-corrected chi connectivity index (χ0v) is 5.34. The summed E-state index contributed by atoms with van der Waals surface area (Å²) in [7, 11) is 0. The third-order valence-electron chi connectivity index (χ3n) is 2.36. The zero-order chi connectivity index (χ0) is 6.27. The van der Waals surface area contributed by atoms with Crippen LogP contribution in [0.3, 0.4) is 0 Å². The van der Waals surface area contributed by atoms with E-state index in [9.17, 15) is 4.79 Å². The Hall–Kier alpha value is -0.590. The molecule has 2 rings (SSSR count). The lowest BCUT2D eigenvalue weighted by Gasteiger charge is -2.32. The Bertz CT molecular complexity index is 169. The number of carbonyl (C=O) groups is 1. The van der Waals surface area contributed by atoms with E-state index in [0.29, 0.717) is 17.6 Å². The molecule has 1 nitrogen and oxygen atoms in total. The second kappa shape index (κ2) is 1.69. The number of allylic oxidation sites excluding steroid dienone is 2. The molecule has 0 radical (unpaired) electrons. The Balaban J connectivity index is 2.16. The molecule has 0 heterocycles. The number of rotatable bonds is 0. The monoisotopic (exact) mass is 122 g/mol. The molecule has 0 aliphatic heterocycles. The number of hydrogen-bond acceptors (Lipinski definition) is 1. The average Bonchev–Trinajstić information content (AvgIpc) is 1.74. The number of hydrogen-bond donors (Lipinski definition) is 0. The van der Waals surface area contributed by atoms with Crippen molar-refractivity contribution in [1.29, 1.82) is 0 Å². The zero-order valence-electron chi connectivity index (χ0n) is 5.34. The van der Waals surface area contributed by atoms with Crippen molar-refractivity contribution >= 4 is 5.78 Å². The first-order valence-electron chi connectivity index (χ1n) is 3.59. The molecule has 0 aromatic heterocycles. The first-order valence-corrected chi connectivity index (χ1v) is 3.59. The Morgan fingerprint density at radius 1 is 1.44 bits per heavy atom. The van der Waals surface area contributed by atoms with E-state index in [1.54, 1.807) is 0 Å². The van der Waals surface area contributed by atoms with Gasteiger partial charge in [-0.05, 0) is 18.8 Å². The van der Waals surface area contributed by atoms with Gasteiger partial charge in [0.25, 0.3) is 0 Å². The molecule has 1 fully saturated rings. The van der Waals surface area contributed by atoms with Crippen molar-refractivity contribution in [2.75, 3.05) is 0 Å². The smallest absolute Gasteiger partial charge is 0.140 e. The predicted octanol–water partition coefficient (Wildman–Crippen LogP) is 1.54. The van der Waals surface area contributed by atoms with Gasteiger partial charge in [0.15, 0.2) is 0 Å². The van der Waals surface area contributed by atoms with E-state index in [0.717, 1.165) is 12.8 Å². The van der Waals surface area contributed by atoms with Gasteiger partial charge in [-0.15, -0.1) is 0 Å². The van der Waals surface area contributed by atoms with Crippen molar-refractivity contribution in [2.45, 2.75) is 19.3 Å². The van der Waals surface area contributed by atoms with Crippen LogP contribution in [0.15, 0.2) is 12.2 Å². The second-order valence-corrected chi connectivity index (χ2v) is 2.93. The van der Waals surface area contributed by atoms with Crippen molar-refractivity contribution < 1.29 is 4.79 Å². The van der Waals surface area contributed by atoms with Gasteiger partial charge in [0, 0.05) is 12.3 Å². The molecule has 2 atom stereocenters. The number of fused-ring (bicyclic) bond motifs is 1. The number of Topliss-reactive ketones (excluding diaryl/α,β-unsaturated/α-hetero) is 1. The van der Waals surface area contributed by atoms with E-state index in [1.807, 2.05) is 6.08 Å². The number of carbonyl (C=O) groups excluding carboxylic acids is 1. The van der Waals surface area contributed by atoms with E-state index >= 15 is 0 Å². The molecule has 0 bridgehead atoms. The van der Waals surface area contributed by atoms with Crippen LogP contribution in [-0.4, -0.2) is 5.78 Å². The van der Waals surface area contributed by atoms with Crippen LogP contribution in [0, 0.1) is 11.8 Å². The minimum absolute atomic E-state index is 0.332. The van der Waals surface area contributed by atoms with Gasteiger partial charge in [-0.3, -0.25) is 4.79 Å². The first kappa shape index (κ1) is 5.21. The molecule has 0 spiro atoms. The van der Waals surface area contributed by atoms with Crippen LogP contribution in [0.25, 0.3) is 0 Å². The minimum Gasteiger partial charge on any atom is -0.299 e. The van der Waals surface area contributed by atoms with Crippen molar-refractivity contribution in [2.24, 2.45) is 11.8 Å². The van der Waals surface area contributed by atoms with E-state index in [4.69, 9.17) is 0 Å². The molecule has 0 amide bonds. The molecular weight excluding hydrogens is 112 g/mol. The fourth-order valence-electron chi connectivity index (χ4n) is 1.68. The van der Waals surface area contributed by atoms with Crippen LogP contribution in [0.2, 0.25) is 0 Å². The Labute approximate surface area is 54.8 Å². The highest BCUT2D eigenvalue weighted by atomic mass is 16.1. The summed E-state index contributed by atoms with van der Waals surface area (Å²) in [4.78, 5) is 11.0. The third-order valence-corrected chi connectivity index (χ3v) is 2.36. The summed E-state index contributed by atoms with van der Waals surface area (Å²) in [5.74, 6) is 1.43. The summed E-state index contributed by atoms with van der Waals surface area (Å²) >= 11 is 0. The molecule has 0 unspecified atom stereocenters. The molecular formula is C8H10O. The highest BCUT2D eigenvalue weighted by molar-refractivity contribution is 5.85. The Kier molecular flexibility index (Phi) is 0.981. The SMILES string of the molecule is O=C1CCC[C@H]2C=C[C@H]12. The van der Waals surface area contributed by atoms with Gasteiger partial charge >= 0.3 is 0 Å². The highest BCUT2D eigenvalue weighted by Crippen LogP contribution is 2.35. The third kappa shape index (κ3) is 0.640. The average molecular weight is 122 g/mol. The van der Waals surface area contributed by atoms with Crippen molar-refractivity contribution in [3.63, 3.8) is 0 Å². The molecule has 0 aromatic carbocycles. The van der Waals surface area contributed by atoms with Crippen molar-refractivity contribution in [3.05, 3.63) is 12.2 Å². The minimum atomic E-state index is 0.332. The lowest BCUT2D eigenvalue weighted by Crippen LogP contribution is -2.30. The molecule has 48 valence electrons. The fraction of sp³-hybridized carbons (Fsp3) is 0.625. The van der Waals surface area contributed by atoms with Crippen molar-refractivity contribution in [1.82, 2.24) is 0 Å². The van der Waals surface area contributed by atoms with Crippen LogP contribution in [0.5, 0.6) is 0 Å². The number of ketones is 1. The van der Waals surface area contributed by atoms with Crippen LogP contribution in [0.1, 0.15) is 19.3 Å². The topological polar surface area (TPSA) is 17.1 Å². The lowest BCUT2D eigenvalue weighted by molar-refractivity contribution is -0.124. The van der Waals surface area contributed by atoms with Gasteiger partial charge in [-0.25, -0.2) is 0 Å².